The van der Waals surface area contributed by atoms with Crippen molar-refractivity contribution in [3.05, 3.63) is 70.5 Å². The van der Waals surface area contributed by atoms with E-state index in [1.807, 2.05) is 19.9 Å². The molecule has 1 fully saturated rings. The van der Waals surface area contributed by atoms with Crippen LogP contribution >= 0.6 is 12.2 Å². The van der Waals surface area contributed by atoms with E-state index in [-0.39, 0.29) is 5.82 Å². The molecule has 3 atom stereocenters. The summed E-state index contributed by atoms with van der Waals surface area (Å²) in [6.45, 7) is 17.1. The van der Waals surface area contributed by atoms with E-state index in [0.717, 1.165) is 63.6 Å². The number of nitrogens with one attached hydrogen (secondary N) is 1. The average molecular weight is 512 g/mol. The second-order valence-electron chi connectivity index (χ2n) is 10.3. The number of benzene rings is 2. The van der Waals surface area contributed by atoms with Crippen molar-refractivity contribution < 1.29 is 4.39 Å². The lowest BCUT2D eigenvalue weighted by Crippen LogP contribution is -2.52. The van der Waals surface area contributed by atoms with Crippen molar-refractivity contribution >= 4 is 17.3 Å². The summed E-state index contributed by atoms with van der Waals surface area (Å²) < 4.78 is 14.2. The van der Waals surface area contributed by atoms with Gasteiger partial charge in [0.05, 0.1) is 0 Å². The lowest BCUT2D eigenvalue weighted by molar-refractivity contribution is 0.156. The fraction of sp³-hybridized carbons (Fsp3) is 0.581. The van der Waals surface area contributed by atoms with Crippen LogP contribution < -0.4 is 5.32 Å². The van der Waals surface area contributed by atoms with Crippen LogP contribution in [0.15, 0.2) is 42.5 Å². The number of halogens is 1. The van der Waals surface area contributed by atoms with E-state index < -0.39 is 0 Å². The summed E-state index contributed by atoms with van der Waals surface area (Å²) in [7, 11) is 0. The van der Waals surface area contributed by atoms with Gasteiger partial charge in [-0.25, -0.2) is 4.39 Å². The fourth-order valence-electron chi connectivity index (χ4n) is 5.80. The Labute approximate surface area is 224 Å². The molecule has 1 unspecified atom stereocenters. The average Bonchev–Trinajstić information content (AvgIpc) is 3.00. The van der Waals surface area contributed by atoms with Gasteiger partial charge in [-0.1, -0.05) is 71.4 Å². The number of thiocarbonyl (C=S) groups is 1. The van der Waals surface area contributed by atoms with E-state index in [4.69, 9.17) is 12.2 Å². The summed E-state index contributed by atoms with van der Waals surface area (Å²) >= 11 is 5.60. The van der Waals surface area contributed by atoms with Gasteiger partial charge in [0.25, 0.3) is 0 Å². The van der Waals surface area contributed by atoms with Crippen molar-refractivity contribution in [2.24, 2.45) is 5.92 Å². The minimum absolute atomic E-state index is 0.122. The quantitative estimate of drug-likeness (QED) is 0.320. The first kappa shape index (κ1) is 28.6. The molecule has 2 aromatic rings. The van der Waals surface area contributed by atoms with E-state index in [1.165, 1.54) is 28.7 Å². The number of piperazine rings is 1. The topological polar surface area (TPSA) is 18.5 Å². The van der Waals surface area contributed by atoms with Crippen LogP contribution in [0.5, 0.6) is 0 Å². The third-order valence-electron chi connectivity index (χ3n) is 7.73. The second kappa shape index (κ2) is 14.1. The maximum absolute atomic E-state index is 14.2. The summed E-state index contributed by atoms with van der Waals surface area (Å²) in [5.41, 5.74) is 5.31. The molecule has 0 amide bonds. The molecule has 4 rings (SSSR count). The van der Waals surface area contributed by atoms with Gasteiger partial charge in [-0.3, -0.25) is 4.90 Å². The molecule has 1 heterocycles. The van der Waals surface area contributed by atoms with Gasteiger partial charge in [-0.05, 0) is 83.6 Å². The number of nitrogens with zero attached hydrogens (tertiary/aromatic N) is 2. The Balaban J connectivity index is 0.00000176. The molecule has 1 N–H and O–H groups in total. The number of unbranched alkanes of at least 4 members (excludes halogenated alkanes) is 1. The van der Waals surface area contributed by atoms with Crippen molar-refractivity contribution in [2.45, 2.75) is 72.1 Å². The number of fused-ring (bicyclic) bond motifs is 2. The van der Waals surface area contributed by atoms with E-state index in [9.17, 15) is 4.39 Å². The lowest BCUT2D eigenvalue weighted by atomic mass is 9.77. The first-order valence-corrected chi connectivity index (χ1v) is 14.5. The van der Waals surface area contributed by atoms with Crippen LogP contribution in [-0.2, 0) is 6.42 Å². The van der Waals surface area contributed by atoms with Gasteiger partial charge in [-0.15, -0.1) is 0 Å². The van der Waals surface area contributed by atoms with Crippen LogP contribution in [0.1, 0.15) is 88.0 Å². The molecule has 0 spiro atoms. The molecule has 5 heteroatoms. The van der Waals surface area contributed by atoms with Crippen LogP contribution in [0.25, 0.3) is 0 Å². The molecule has 1 aliphatic heterocycles. The van der Waals surface area contributed by atoms with E-state index >= 15 is 0 Å². The molecule has 0 radical (unpaired) electrons. The SMILES string of the molecule is CC.CCCCNC(=S)N1CCN(C[C@H](C)C[C@@H]2c3ccccc3Cc3ccc(F)cc3C2C)CC1. The van der Waals surface area contributed by atoms with Crippen molar-refractivity contribution in [2.75, 3.05) is 39.3 Å². The zero-order valence-electron chi connectivity index (χ0n) is 23.0. The molecule has 0 saturated carbocycles. The maximum atomic E-state index is 14.2. The molecule has 1 aliphatic carbocycles. The summed E-state index contributed by atoms with van der Waals surface area (Å²) in [4.78, 5) is 4.91. The summed E-state index contributed by atoms with van der Waals surface area (Å²) in [5, 5.41) is 4.32. The Morgan fingerprint density at radius 3 is 2.47 bits per heavy atom. The van der Waals surface area contributed by atoms with Crippen molar-refractivity contribution in [3.8, 4) is 0 Å². The fourth-order valence-corrected chi connectivity index (χ4v) is 6.08. The van der Waals surface area contributed by atoms with Crippen LogP contribution in [-0.4, -0.2) is 54.2 Å². The molecule has 3 nitrogen and oxygen atoms in total. The van der Waals surface area contributed by atoms with E-state index in [0.29, 0.717) is 17.8 Å². The number of hydrogen-bond acceptors (Lipinski definition) is 2. The van der Waals surface area contributed by atoms with Crippen LogP contribution in [0.4, 0.5) is 4.39 Å². The molecule has 2 aliphatic rings. The Bertz CT molecular complexity index is 970. The molecule has 36 heavy (non-hydrogen) atoms. The van der Waals surface area contributed by atoms with Gasteiger partial charge >= 0.3 is 0 Å². The first-order chi connectivity index (χ1) is 17.5. The largest absolute Gasteiger partial charge is 0.363 e. The molecule has 1 saturated heterocycles. The highest BCUT2D eigenvalue weighted by Gasteiger charge is 2.30. The highest BCUT2D eigenvalue weighted by molar-refractivity contribution is 7.80. The molecule has 198 valence electrons. The normalized spacial score (nSPS) is 20.3. The minimum Gasteiger partial charge on any atom is -0.363 e. The van der Waals surface area contributed by atoms with Crippen LogP contribution in [0.2, 0.25) is 0 Å². The Morgan fingerprint density at radius 1 is 1.06 bits per heavy atom. The van der Waals surface area contributed by atoms with Gasteiger partial charge in [0.2, 0.25) is 0 Å². The molecule has 0 aromatic heterocycles. The van der Waals surface area contributed by atoms with Crippen molar-refractivity contribution in [1.82, 2.24) is 15.1 Å². The van der Waals surface area contributed by atoms with Gasteiger partial charge in [0, 0.05) is 39.3 Å². The van der Waals surface area contributed by atoms with Crippen LogP contribution in [0, 0.1) is 11.7 Å². The third kappa shape index (κ3) is 7.29. The summed E-state index contributed by atoms with van der Waals surface area (Å²) in [6.07, 6.45) is 4.36. The summed E-state index contributed by atoms with van der Waals surface area (Å²) in [5.74, 6) is 1.16. The maximum Gasteiger partial charge on any atom is 0.169 e. The van der Waals surface area contributed by atoms with E-state index in [2.05, 4.69) is 60.2 Å². The highest BCUT2D eigenvalue weighted by atomic mass is 32.1. The Morgan fingerprint density at radius 2 is 1.75 bits per heavy atom. The predicted molar refractivity (Wildman–Crippen MR) is 155 cm³/mol. The van der Waals surface area contributed by atoms with Crippen LogP contribution in [0.3, 0.4) is 0 Å². The number of rotatable bonds is 7. The van der Waals surface area contributed by atoms with Gasteiger partial charge in [0.1, 0.15) is 5.82 Å². The summed E-state index contributed by atoms with van der Waals surface area (Å²) in [6, 6.07) is 14.2. The van der Waals surface area contributed by atoms with Gasteiger partial charge in [-0.2, -0.15) is 0 Å². The Hall–Kier alpha value is -1.98. The second-order valence-corrected chi connectivity index (χ2v) is 10.7. The first-order valence-electron chi connectivity index (χ1n) is 14.1. The van der Waals surface area contributed by atoms with Gasteiger partial charge < -0.3 is 10.2 Å². The van der Waals surface area contributed by atoms with Crippen molar-refractivity contribution in [1.29, 1.82) is 0 Å². The van der Waals surface area contributed by atoms with Crippen molar-refractivity contribution in [3.63, 3.8) is 0 Å². The third-order valence-corrected chi connectivity index (χ3v) is 8.13. The monoisotopic (exact) mass is 511 g/mol. The standard InChI is InChI=1S/C29H40FN3S.C2H6/c1-4-5-12-31-29(34)33-15-13-32(14-16-33)20-21(2)17-28-22(3)27-19-25(30)11-10-24(27)18-23-8-6-7-9-26(23)28;1-2/h6-11,19,21-22,28H,4-5,12-18,20H2,1-3H3,(H,31,34);1-2H3/t21-,22?,28+;/m1./s1. The van der Waals surface area contributed by atoms with E-state index in [1.54, 1.807) is 12.1 Å². The molecular formula is C31H46FN3S. The molecular weight excluding hydrogens is 465 g/mol. The zero-order chi connectivity index (χ0) is 26.1. The zero-order valence-corrected chi connectivity index (χ0v) is 23.8. The molecule has 2 aromatic carbocycles. The number of hydrogen-bond donors (Lipinski definition) is 1. The minimum atomic E-state index is -0.122. The smallest absolute Gasteiger partial charge is 0.169 e. The molecule has 0 bridgehead atoms. The Kier molecular flexibility index (Phi) is 11.2. The lowest BCUT2D eigenvalue weighted by Gasteiger charge is -2.38. The predicted octanol–water partition coefficient (Wildman–Crippen LogP) is 6.96. The highest BCUT2D eigenvalue weighted by Crippen LogP contribution is 2.43. The van der Waals surface area contributed by atoms with Gasteiger partial charge in [0.15, 0.2) is 5.11 Å².